The van der Waals surface area contributed by atoms with Gasteiger partial charge in [0.1, 0.15) is 5.75 Å². The van der Waals surface area contributed by atoms with Crippen molar-refractivity contribution in [1.29, 1.82) is 5.26 Å². The van der Waals surface area contributed by atoms with Crippen LogP contribution in [0.4, 0.5) is 5.69 Å². The Morgan fingerprint density at radius 2 is 1.94 bits per heavy atom. The number of allylic oxidation sites excluding steroid dienone is 1. The summed E-state index contributed by atoms with van der Waals surface area (Å²) in [4.78, 5) is 24.9. The first-order valence-corrected chi connectivity index (χ1v) is 12.0. The lowest BCUT2D eigenvalue weighted by atomic mass is 9.87. The summed E-state index contributed by atoms with van der Waals surface area (Å²) in [7, 11) is 0. The molecule has 0 aliphatic carbocycles. The lowest BCUT2D eigenvalue weighted by Gasteiger charge is -2.25. The molecule has 2 aromatic rings. The number of amides is 2. The van der Waals surface area contributed by atoms with E-state index in [-0.39, 0.29) is 29.9 Å². The zero-order valence-electron chi connectivity index (χ0n) is 18.1. The van der Waals surface area contributed by atoms with E-state index in [1.807, 2.05) is 57.2 Å². The standard InChI is InChI=1S/C24H24BrN3O3S/c1-4-31-18-7-5-16(6-8-18)19-11-21(29)28-24(20(19)12-26)32-13-22(30)27-23-14(2)9-17(25)10-15(23)3/h5-10,19H,4,11,13H2,1-3H3,(H,27,30)(H,28,29)/t19-/m0/s1. The van der Waals surface area contributed by atoms with Crippen LogP contribution in [0.2, 0.25) is 0 Å². The maximum absolute atomic E-state index is 12.6. The van der Waals surface area contributed by atoms with E-state index in [0.717, 1.165) is 44.4 Å². The van der Waals surface area contributed by atoms with Gasteiger partial charge in [0, 0.05) is 22.5 Å². The Morgan fingerprint density at radius 1 is 1.28 bits per heavy atom. The molecule has 8 heteroatoms. The van der Waals surface area contributed by atoms with E-state index in [9.17, 15) is 14.9 Å². The van der Waals surface area contributed by atoms with Gasteiger partial charge in [0.25, 0.3) is 0 Å². The van der Waals surface area contributed by atoms with Crippen LogP contribution in [-0.4, -0.2) is 24.2 Å². The highest BCUT2D eigenvalue weighted by molar-refractivity contribution is 9.10. The van der Waals surface area contributed by atoms with Crippen molar-refractivity contribution in [2.24, 2.45) is 0 Å². The van der Waals surface area contributed by atoms with Crippen LogP contribution in [0, 0.1) is 25.2 Å². The van der Waals surface area contributed by atoms with Gasteiger partial charge in [-0.25, -0.2) is 0 Å². The van der Waals surface area contributed by atoms with Crippen LogP contribution in [0.25, 0.3) is 0 Å². The molecule has 32 heavy (non-hydrogen) atoms. The number of halogens is 1. The molecule has 0 bridgehead atoms. The molecule has 0 fully saturated rings. The molecule has 0 radical (unpaired) electrons. The zero-order chi connectivity index (χ0) is 23.3. The first kappa shape index (κ1) is 23.9. The zero-order valence-corrected chi connectivity index (χ0v) is 20.5. The smallest absolute Gasteiger partial charge is 0.234 e. The van der Waals surface area contributed by atoms with Crippen LogP contribution in [-0.2, 0) is 9.59 Å². The summed E-state index contributed by atoms with van der Waals surface area (Å²) < 4.78 is 6.43. The minimum Gasteiger partial charge on any atom is -0.494 e. The molecule has 0 aromatic heterocycles. The Morgan fingerprint density at radius 3 is 2.53 bits per heavy atom. The molecule has 3 rings (SSSR count). The number of nitriles is 1. The van der Waals surface area contributed by atoms with Gasteiger partial charge >= 0.3 is 0 Å². The van der Waals surface area contributed by atoms with Gasteiger partial charge in [0.15, 0.2) is 0 Å². The summed E-state index contributed by atoms with van der Waals surface area (Å²) in [5.74, 6) is 0.0806. The summed E-state index contributed by atoms with van der Waals surface area (Å²) >= 11 is 4.62. The van der Waals surface area contributed by atoms with Crippen molar-refractivity contribution in [1.82, 2.24) is 5.32 Å². The van der Waals surface area contributed by atoms with E-state index in [2.05, 4.69) is 32.6 Å². The average molecular weight is 514 g/mol. The fourth-order valence-electron chi connectivity index (χ4n) is 3.60. The number of carbonyl (C=O) groups excluding carboxylic acids is 2. The van der Waals surface area contributed by atoms with Crippen LogP contribution in [0.5, 0.6) is 5.75 Å². The van der Waals surface area contributed by atoms with Crippen LogP contribution in [0.3, 0.4) is 0 Å². The maximum Gasteiger partial charge on any atom is 0.234 e. The molecule has 0 saturated carbocycles. The highest BCUT2D eigenvalue weighted by atomic mass is 79.9. The highest BCUT2D eigenvalue weighted by Gasteiger charge is 2.30. The third kappa shape index (κ3) is 5.72. The van der Waals surface area contributed by atoms with Gasteiger partial charge in [0.2, 0.25) is 11.8 Å². The van der Waals surface area contributed by atoms with Gasteiger partial charge in [-0.3, -0.25) is 9.59 Å². The quantitative estimate of drug-likeness (QED) is 0.532. The van der Waals surface area contributed by atoms with Crippen molar-refractivity contribution in [3.63, 3.8) is 0 Å². The van der Waals surface area contributed by atoms with Gasteiger partial charge < -0.3 is 15.4 Å². The molecular weight excluding hydrogens is 490 g/mol. The second kappa shape index (κ2) is 10.7. The van der Waals surface area contributed by atoms with E-state index in [4.69, 9.17) is 4.74 Å². The fourth-order valence-corrected chi connectivity index (χ4v) is 5.17. The molecule has 2 amide bonds. The van der Waals surface area contributed by atoms with Crippen LogP contribution in [0.1, 0.15) is 36.0 Å². The monoisotopic (exact) mass is 513 g/mol. The molecule has 1 aliphatic heterocycles. The van der Waals surface area contributed by atoms with Crippen molar-refractivity contribution in [2.75, 3.05) is 17.7 Å². The van der Waals surface area contributed by atoms with Crippen molar-refractivity contribution >= 4 is 45.2 Å². The van der Waals surface area contributed by atoms with Gasteiger partial charge in [-0.1, -0.05) is 39.8 Å². The summed E-state index contributed by atoms with van der Waals surface area (Å²) in [6, 6.07) is 13.5. The molecule has 2 N–H and O–H groups in total. The Kier molecular flexibility index (Phi) is 7.99. The first-order valence-electron chi connectivity index (χ1n) is 10.2. The van der Waals surface area contributed by atoms with Crippen molar-refractivity contribution in [3.8, 4) is 11.8 Å². The Labute approximate surface area is 200 Å². The summed E-state index contributed by atoms with van der Waals surface area (Å²) in [5.41, 5.74) is 4.00. The predicted octanol–water partition coefficient (Wildman–Crippen LogP) is 5.18. The number of nitrogens with one attached hydrogen (secondary N) is 2. The minimum absolute atomic E-state index is 0.0751. The maximum atomic E-state index is 12.6. The van der Waals surface area contributed by atoms with Crippen molar-refractivity contribution in [3.05, 3.63) is 68.2 Å². The molecular formula is C24H24BrN3O3S. The topological polar surface area (TPSA) is 91.2 Å². The Hall–Kier alpha value is -2.76. The molecule has 1 atom stereocenters. The van der Waals surface area contributed by atoms with Crippen molar-refractivity contribution in [2.45, 2.75) is 33.1 Å². The Balaban J connectivity index is 1.76. The fraction of sp³-hybridized carbons (Fsp3) is 0.292. The highest BCUT2D eigenvalue weighted by Crippen LogP contribution is 2.36. The number of hydrogen-bond donors (Lipinski definition) is 2. The second-order valence-electron chi connectivity index (χ2n) is 7.41. The number of aryl methyl sites for hydroxylation is 2. The molecule has 1 heterocycles. The van der Waals surface area contributed by atoms with E-state index >= 15 is 0 Å². The van der Waals surface area contributed by atoms with Gasteiger partial charge in [-0.2, -0.15) is 5.26 Å². The SMILES string of the molecule is CCOc1ccc([C@@H]2CC(=O)NC(SCC(=O)Nc3c(C)cc(Br)cc3C)=C2C#N)cc1. The normalized spacial score (nSPS) is 15.7. The van der Waals surface area contributed by atoms with E-state index < -0.39 is 0 Å². The third-order valence-corrected chi connectivity index (χ3v) is 6.53. The first-order chi connectivity index (χ1) is 15.3. The lowest BCUT2D eigenvalue weighted by molar-refractivity contribution is -0.121. The minimum atomic E-state index is -0.356. The van der Waals surface area contributed by atoms with Crippen LogP contribution < -0.4 is 15.4 Å². The average Bonchev–Trinajstić information content (AvgIpc) is 2.75. The number of benzene rings is 2. The molecule has 166 valence electrons. The van der Waals surface area contributed by atoms with Crippen molar-refractivity contribution < 1.29 is 14.3 Å². The molecule has 6 nitrogen and oxygen atoms in total. The summed E-state index contributed by atoms with van der Waals surface area (Å²) in [6.45, 7) is 6.34. The molecule has 0 unspecified atom stereocenters. The molecule has 0 saturated heterocycles. The third-order valence-electron chi connectivity index (χ3n) is 5.06. The van der Waals surface area contributed by atoms with Gasteiger partial charge in [-0.15, -0.1) is 0 Å². The molecule has 2 aromatic carbocycles. The number of rotatable bonds is 7. The lowest BCUT2D eigenvalue weighted by Crippen LogP contribution is -2.31. The second-order valence-corrected chi connectivity index (χ2v) is 9.31. The molecule has 0 spiro atoms. The van der Waals surface area contributed by atoms with Gasteiger partial charge in [0.05, 0.1) is 29.0 Å². The number of anilines is 1. The van der Waals surface area contributed by atoms with E-state index in [1.54, 1.807) is 0 Å². The number of ether oxygens (including phenoxy) is 1. The van der Waals surface area contributed by atoms with Gasteiger partial charge in [-0.05, 0) is 61.7 Å². The van der Waals surface area contributed by atoms with Crippen LogP contribution >= 0.6 is 27.7 Å². The number of nitrogens with zero attached hydrogens (tertiary/aromatic N) is 1. The Bertz CT molecular complexity index is 1080. The number of carbonyl (C=O) groups is 2. The largest absolute Gasteiger partial charge is 0.494 e. The summed E-state index contributed by atoms with van der Waals surface area (Å²) in [6.07, 6.45) is 0.185. The summed E-state index contributed by atoms with van der Waals surface area (Å²) in [5, 5.41) is 16.0. The predicted molar refractivity (Wildman–Crippen MR) is 130 cm³/mol. The molecule has 1 aliphatic rings. The van der Waals surface area contributed by atoms with E-state index in [0.29, 0.717) is 17.2 Å². The van der Waals surface area contributed by atoms with Crippen LogP contribution in [0.15, 0.2) is 51.5 Å². The number of hydrogen-bond acceptors (Lipinski definition) is 5. The number of thioether (sulfide) groups is 1. The van der Waals surface area contributed by atoms with E-state index in [1.165, 1.54) is 0 Å².